The molecule has 25 heavy (non-hydrogen) atoms. The van der Waals surface area contributed by atoms with Gasteiger partial charge in [0.15, 0.2) is 5.13 Å². The number of carbonyl (C=O) groups excluding carboxylic acids is 1. The van der Waals surface area contributed by atoms with Gasteiger partial charge < -0.3 is 10.4 Å². The van der Waals surface area contributed by atoms with Crippen molar-refractivity contribution >= 4 is 28.3 Å². The van der Waals surface area contributed by atoms with Gasteiger partial charge >= 0.3 is 5.97 Å². The van der Waals surface area contributed by atoms with Gasteiger partial charge in [0.1, 0.15) is 22.5 Å². The monoisotopic (exact) mass is 359 g/mol. The molecule has 0 spiro atoms. The standard InChI is InChI=1S/C17H14FN3O3S/c18-12-3-1-2-9(7-12)14-13(8-19)25-17(20-14)21-15(22)10-4-5-11(6-10)16(23)24/h1-3,7,10-11H,4-6H2,(H,23,24)(H,20,21,22)/t10-,11-/m1/s1. The van der Waals surface area contributed by atoms with Crippen LogP contribution < -0.4 is 5.32 Å². The number of carbonyl (C=O) groups is 2. The molecule has 1 fully saturated rings. The topological polar surface area (TPSA) is 103 Å². The number of thiazole rings is 1. The van der Waals surface area contributed by atoms with Crippen LogP contribution in [0.15, 0.2) is 24.3 Å². The molecule has 0 bridgehead atoms. The van der Waals surface area contributed by atoms with E-state index in [1.165, 1.54) is 18.2 Å². The molecular weight excluding hydrogens is 345 g/mol. The Morgan fingerprint density at radius 1 is 1.36 bits per heavy atom. The van der Waals surface area contributed by atoms with Gasteiger partial charge in [-0.15, -0.1) is 0 Å². The molecule has 0 radical (unpaired) electrons. The fourth-order valence-electron chi connectivity index (χ4n) is 2.93. The van der Waals surface area contributed by atoms with E-state index in [1.54, 1.807) is 6.07 Å². The highest BCUT2D eigenvalue weighted by molar-refractivity contribution is 7.16. The van der Waals surface area contributed by atoms with E-state index in [0.29, 0.717) is 30.5 Å². The molecule has 2 atom stereocenters. The molecular formula is C17H14FN3O3S. The zero-order chi connectivity index (χ0) is 18.0. The number of nitrogens with zero attached hydrogens (tertiary/aromatic N) is 2. The molecule has 128 valence electrons. The third-order valence-corrected chi connectivity index (χ3v) is 5.09. The second-order valence-corrected chi connectivity index (χ2v) is 6.85. The molecule has 3 rings (SSSR count). The Morgan fingerprint density at radius 3 is 2.76 bits per heavy atom. The molecule has 6 nitrogen and oxygen atoms in total. The Labute approximate surface area is 146 Å². The van der Waals surface area contributed by atoms with Gasteiger partial charge in [0, 0.05) is 11.5 Å². The van der Waals surface area contributed by atoms with Crippen molar-refractivity contribution in [3.8, 4) is 17.3 Å². The SMILES string of the molecule is N#Cc1sc(NC(=O)[C@@H]2CC[C@@H](C(=O)O)C2)nc1-c1cccc(F)c1. The number of amides is 1. The fraction of sp³-hybridized carbons (Fsp3) is 0.294. The summed E-state index contributed by atoms with van der Waals surface area (Å²) in [5, 5.41) is 21.2. The maximum absolute atomic E-state index is 13.4. The Bertz CT molecular complexity index is 874. The molecule has 1 aromatic heterocycles. The number of hydrogen-bond acceptors (Lipinski definition) is 5. The van der Waals surface area contributed by atoms with Crippen molar-refractivity contribution in [2.24, 2.45) is 11.8 Å². The first-order valence-corrected chi connectivity index (χ1v) is 8.50. The summed E-state index contributed by atoms with van der Waals surface area (Å²) in [6.07, 6.45) is 1.29. The molecule has 0 aliphatic heterocycles. The van der Waals surface area contributed by atoms with E-state index in [1.807, 2.05) is 6.07 Å². The number of aliphatic carboxylic acids is 1. The highest BCUT2D eigenvalue weighted by Crippen LogP contribution is 2.34. The van der Waals surface area contributed by atoms with Gasteiger partial charge in [-0.2, -0.15) is 5.26 Å². The summed E-state index contributed by atoms with van der Waals surface area (Å²) < 4.78 is 13.4. The van der Waals surface area contributed by atoms with Crippen LogP contribution in [0.25, 0.3) is 11.3 Å². The van der Waals surface area contributed by atoms with Crippen molar-refractivity contribution in [3.05, 3.63) is 35.0 Å². The van der Waals surface area contributed by atoms with Crippen molar-refractivity contribution in [2.45, 2.75) is 19.3 Å². The summed E-state index contributed by atoms with van der Waals surface area (Å²) in [6, 6.07) is 7.73. The Morgan fingerprint density at radius 2 is 2.12 bits per heavy atom. The number of rotatable bonds is 4. The number of hydrogen-bond donors (Lipinski definition) is 2. The second kappa shape index (κ2) is 6.99. The first-order chi connectivity index (χ1) is 12.0. The number of halogens is 1. The molecule has 2 N–H and O–H groups in total. The molecule has 2 aromatic rings. The van der Waals surface area contributed by atoms with Gasteiger partial charge in [-0.3, -0.25) is 9.59 Å². The van der Waals surface area contributed by atoms with E-state index in [0.717, 1.165) is 11.3 Å². The summed E-state index contributed by atoms with van der Waals surface area (Å²) in [4.78, 5) is 27.8. The molecule has 0 unspecified atom stereocenters. The molecule has 1 aliphatic carbocycles. The van der Waals surface area contributed by atoms with E-state index in [-0.39, 0.29) is 21.8 Å². The second-order valence-electron chi connectivity index (χ2n) is 5.85. The minimum absolute atomic E-state index is 0.250. The van der Waals surface area contributed by atoms with Crippen LogP contribution in [0.2, 0.25) is 0 Å². The van der Waals surface area contributed by atoms with Crippen LogP contribution in [0.3, 0.4) is 0 Å². The lowest BCUT2D eigenvalue weighted by Gasteiger charge is -2.08. The van der Waals surface area contributed by atoms with E-state index < -0.39 is 17.7 Å². The average molecular weight is 359 g/mol. The zero-order valence-electron chi connectivity index (χ0n) is 13.0. The van der Waals surface area contributed by atoms with Gasteiger partial charge in [-0.25, -0.2) is 9.37 Å². The quantitative estimate of drug-likeness (QED) is 0.872. The van der Waals surface area contributed by atoms with E-state index >= 15 is 0 Å². The van der Waals surface area contributed by atoms with Gasteiger partial charge in [0.05, 0.1) is 5.92 Å². The lowest BCUT2D eigenvalue weighted by atomic mass is 10.0. The van der Waals surface area contributed by atoms with Crippen LogP contribution in [-0.4, -0.2) is 22.0 Å². The highest BCUT2D eigenvalue weighted by Gasteiger charge is 2.34. The Hall–Kier alpha value is -2.79. The smallest absolute Gasteiger partial charge is 0.306 e. The highest BCUT2D eigenvalue weighted by atomic mass is 32.1. The number of anilines is 1. The number of nitrogens with one attached hydrogen (secondary N) is 1. The number of nitriles is 1. The van der Waals surface area contributed by atoms with Crippen LogP contribution >= 0.6 is 11.3 Å². The van der Waals surface area contributed by atoms with Gasteiger partial charge in [-0.1, -0.05) is 23.5 Å². The Kier molecular flexibility index (Phi) is 4.76. The van der Waals surface area contributed by atoms with Gasteiger partial charge in [0.25, 0.3) is 0 Å². The molecule has 1 heterocycles. The van der Waals surface area contributed by atoms with Crippen LogP contribution in [0.5, 0.6) is 0 Å². The number of carboxylic acids is 1. The summed E-state index contributed by atoms with van der Waals surface area (Å²) in [5.41, 5.74) is 0.775. The molecule has 1 saturated carbocycles. The average Bonchev–Trinajstić information content (AvgIpc) is 3.21. The minimum Gasteiger partial charge on any atom is -0.481 e. The van der Waals surface area contributed by atoms with Crippen molar-refractivity contribution in [1.29, 1.82) is 5.26 Å². The summed E-state index contributed by atoms with van der Waals surface area (Å²) >= 11 is 1.01. The third-order valence-electron chi connectivity index (χ3n) is 4.21. The summed E-state index contributed by atoms with van der Waals surface area (Å²) in [7, 11) is 0. The predicted octanol–water partition coefficient (Wildman–Crippen LogP) is 3.26. The van der Waals surface area contributed by atoms with Gasteiger partial charge in [-0.05, 0) is 31.4 Å². The van der Waals surface area contributed by atoms with Crippen LogP contribution in [0.4, 0.5) is 9.52 Å². The normalized spacial score (nSPS) is 19.4. The lowest BCUT2D eigenvalue weighted by molar-refractivity contribution is -0.141. The summed E-state index contributed by atoms with van der Waals surface area (Å²) in [5.74, 6) is -2.50. The number of carboxylic acid groups (broad SMARTS) is 1. The molecule has 1 aromatic carbocycles. The number of aromatic nitrogens is 1. The molecule has 8 heteroatoms. The first kappa shape index (κ1) is 17.0. The zero-order valence-corrected chi connectivity index (χ0v) is 13.8. The summed E-state index contributed by atoms with van der Waals surface area (Å²) in [6.45, 7) is 0. The van der Waals surface area contributed by atoms with Crippen molar-refractivity contribution in [2.75, 3.05) is 5.32 Å². The molecule has 1 aliphatic rings. The van der Waals surface area contributed by atoms with Crippen LogP contribution in [0, 0.1) is 29.0 Å². The van der Waals surface area contributed by atoms with Crippen molar-refractivity contribution in [3.63, 3.8) is 0 Å². The third kappa shape index (κ3) is 3.67. The maximum Gasteiger partial charge on any atom is 0.306 e. The maximum atomic E-state index is 13.4. The van der Waals surface area contributed by atoms with Crippen LogP contribution in [0.1, 0.15) is 24.1 Å². The largest absolute Gasteiger partial charge is 0.481 e. The van der Waals surface area contributed by atoms with Gasteiger partial charge in [0.2, 0.25) is 5.91 Å². The van der Waals surface area contributed by atoms with E-state index in [9.17, 15) is 19.2 Å². The lowest BCUT2D eigenvalue weighted by Crippen LogP contribution is -2.21. The fourth-order valence-corrected chi connectivity index (χ4v) is 3.72. The minimum atomic E-state index is -0.885. The first-order valence-electron chi connectivity index (χ1n) is 7.68. The predicted molar refractivity (Wildman–Crippen MR) is 89.3 cm³/mol. The molecule has 1 amide bonds. The van der Waals surface area contributed by atoms with E-state index in [4.69, 9.17) is 5.11 Å². The number of benzene rings is 1. The Balaban J connectivity index is 1.77. The van der Waals surface area contributed by atoms with Crippen LogP contribution in [-0.2, 0) is 9.59 Å². The van der Waals surface area contributed by atoms with E-state index in [2.05, 4.69) is 10.3 Å². The van der Waals surface area contributed by atoms with Crippen molar-refractivity contribution in [1.82, 2.24) is 4.98 Å². The molecule has 0 saturated heterocycles. The van der Waals surface area contributed by atoms with Crippen molar-refractivity contribution < 1.29 is 19.1 Å².